The summed E-state index contributed by atoms with van der Waals surface area (Å²) in [5.41, 5.74) is 4.21. The van der Waals surface area contributed by atoms with Crippen molar-refractivity contribution in [1.29, 1.82) is 0 Å². The minimum Gasteiger partial charge on any atom is -0.532 e. The van der Waals surface area contributed by atoms with Gasteiger partial charge in [0, 0.05) is 36.6 Å². The zero-order valence-electron chi connectivity index (χ0n) is 17.6. The van der Waals surface area contributed by atoms with E-state index in [1.54, 1.807) is 0 Å². The Morgan fingerprint density at radius 3 is 2.33 bits per heavy atom. The predicted molar refractivity (Wildman–Crippen MR) is 125 cm³/mol. The molecule has 0 unspecified atom stereocenters. The van der Waals surface area contributed by atoms with Gasteiger partial charge in [-0.15, -0.1) is 0 Å². The lowest BCUT2D eigenvalue weighted by atomic mass is 9.78. The summed E-state index contributed by atoms with van der Waals surface area (Å²) in [5.74, 6) is 0.783. The summed E-state index contributed by atoms with van der Waals surface area (Å²) in [6.07, 6.45) is 1.91. The van der Waals surface area contributed by atoms with Crippen LogP contribution in [0.4, 0.5) is 5.69 Å². The van der Waals surface area contributed by atoms with Crippen molar-refractivity contribution in [1.82, 2.24) is 0 Å². The Labute approximate surface area is 179 Å². The normalized spacial score (nSPS) is 16.1. The molecule has 4 rings (SSSR count). The molecular weight excluding hydrogens is 371 g/mol. The van der Waals surface area contributed by atoms with Crippen LogP contribution >= 0.6 is 0 Å². The molecule has 1 atom stereocenters. The van der Waals surface area contributed by atoms with Gasteiger partial charge in [0.2, 0.25) is 0 Å². The molecule has 5 heteroatoms. The van der Waals surface area contributed by atoms with Crippen LogP contribution in [0.2, 0.25) is 0 Å². The number of hydrogen-bond acceptors (Lipinski definition) is 4. The van der Waals surface area contributed by atoms with Gasteiger partial charge in [-0.25, -0.2) is 0 Å². The second kappa shape index (κ2) is 9.64. The van der Waals surface area contributed by atoms with E-state index < -0.39 is 7.12 Å². The number of aliphatic imine (C=N–C) groups is 1. The third kappa shape index (κ3) is 4.57. The van der Waals surface area contributed by atoms with Crippen LogP contribution < -0.4 is 15.0 Å². The van der Waals surface area contributed by atoms with Gasteiger partial charge < -0.3 is 14.2 Å². The molecule has 3 aromatic rings. The summed E-state index contributed by atoms with van der Waals surface area (Å²) < 4.78 is 12.7. The third-order valence-corrected chi connectivity index (χ3v) is 5.41. The highest BCUT2D eigenvalue weighted by molar-refractivity contribution is 6.62. The summed E-state index contributed by atoms with van der Waals surface area (Å²) in [6, 6.07) is 26.6. The van der Waals surface area contributed by atoms with Crippen molar-refractivity contribution in [3.63, 3.8) is 0 Å². The zero-order chi connectivity index (χ0) is 20.8. The molecule has 4 nitrogen and oxygen atoms in total. The molecule has 152 valence electrons. The van der Waals surface area contributed by atoms with E-state index in [1.165, 1.54) is 0 Å². The van der Waals surface area contributed by atoms with Crippen molar-refractivity contribution in [2.45, 2.75) is 19.9 Å². The Hall–Kier alpha value is -3.05. The van der Waals surface area contributed by atoms with Crippen LogP contribution in [0.15, 0.2) is 83.9 Å². The fourth-order valence-electron chi connectivity index (χ4n) is 3.69. The van der Waals surface area contributed by atoms with E-state index in [2.05, 4.69) is 49.1 Å². The van der Waals surface area contributed by atoms with Crippen molar-refractivity contribution in [3.05, 3.63) is 90.0 Å². The lowest BCUT2D eigenvalue weighted by Crippen LogP contribution is -2.40. The topological polar surface area (TPSA) is 34.1 Å². The van der Waals surface area contributed by atoms with Crippen molar-refractivity contribution >= 4 is 24.5 Å². The number of benzene rings is 3. The molecule has 1 aliphatic heterocycles. The van der Waals surface area contributed by atoms with Crippen LogP contribution in [0.1, 0.15) is 31.0 Å². The maximum atomic E-state index is 6.43. The van der Waals surface area contributed by atoms with Gasteiger partial charge in [-0.1, -0.05) is 60.7 Å². The summed E-state index contributed by atoms with van der Waals surface area (Å²) in [7, 11) is -0.496. The average molecular weight is 398 g/mol. The van der Waals surface area contributed by atoms with Gasteiger partial charge in [0.25, 0.3) is 0 Å². The first-order chi connectivity index (χ1) is 14.8. The van der Waals surface area contributed by atoms with E-state index in [0.29, 0.717) is 6.61 Å². The first-order valence-corrected chi connectivity index (χ1v) is 10.6. The molecule has 0 N–H and O–H groups in total. The summed E-state index contributed by atoms with van der Waals surface area (Å²) in [5, 5.41) is 0. The largest absolute Gasteiger partial charge is 0.562 e. The molecule has 0 spiro atoms. The van der Waals surface area contributed by atoms with Gasteiger partial charge in [-0.2, -0.15) is 0 Å². The number of anilines is 1. The second-order valence-electron chi connectivity index (χ2n) is 7.29. The Morgan fingerprint density at radius 2 is 1.63 bits per heavy atom. The van der Waals surface area contributed by atoms with E-state index in [1.807, 2.05) is 54.7 Å². The minimum absolute atomic E-state index is 0.0885. The monoisotopic (exact) mass is 398 g/mol. The van der Waals surface area contributed by atoms with Gasteiger partial charge in [0.15, 0.2) is 0 Å². The molecule has 0 aliphatic carbocycles. The molecule has 3 aromatic carbocycles. The van der Waals surface area contributed by atoms with Crippen LogP contribution in [0.25, 0.3) is 0 Å². The highest BCUT2D eigenvalue weighted by Crippen LogP contribution is 2.28. The first kappa shape index (κ1) is 20.2. The standard InChI is InChI=1S/C25H27BN2O2/c1-3-28(4-2)23-16-15-21-18-27-24(20-11-7-5-8-12-20)19-29-26(30-25(21)17-23)22-13-9-6-10-14-22/h5-18,24H,3-4,19H2,1-2H3/t24-/m0/s1. The van der Waals surface area contributed by atoms with E-state index in [4.69, 9.17) is 14.3 Å². The molecule has 0 aromatic heterocycles. The lowest BCUT2D eigenvalue weighted by Gasteiger charge is -2.23. The van der Waals surface area contributed by atoms with Crippen LogP contribution in [-0.4, -0.2) is 33.0 Å². The van der Waals surface area contributed by atoms with Gasteiger partial charge in [-0.3, -0.25) is 4.99 Å². The maximum Gasteiger partial charge on any atom is 0.562 e. The summed E-state index contributed by atoms with van der Waals surface area (Å²) in [6.45, 7) is 6.65. The van der Waals surface area contributed by atoms with Crippen molar-refractivity contribution in [2.75, 3.05) is 24.6 Å². The Kier molecular flexibility index (Phi) is 6.50. The highest BCUT2D eigenvalue weighted by atomic mass is 16.6. The fraction of sp³-hybridized carbons (Fsp3) is 0.240. The maximum absolute atomic E-state index is 6.43. The van der Waals surface area contributed by atoms with E-state index in [-0.39, 0.29) is 6.04 Å². The molecule has 0 amide bonds. The predicted octanol–water partition coefficient (Wildman–Crippen LogP) is 4.50. The van der Waals surface area contributed by atoms with Crippen LogP contribution in [0.3, 0.4) is 0 Å². The quantitative estimate of drug-likeness (QED) is 0.594. The van der Waals surface area contributed by atoms with Gasteiger partial charge in [-0.05, 0) is 37.0 Å². The number of fused-ring (bicyclic) bond motifs is 1. The van der Waals surface area contributed by atoms with Gasteiger partial charge in [0.05, 0.1) is 12.6 Å². The van der Waals surface area contributed by atoms with Crippen molar-refractivity contribution in [3.8, 4) is 5.75 Å². The number of hydrogen-bond donors (Lipinski definition) is 0. The molecule has 0 fully saturated rings. The molecule has 30 heavy (non-hydrogen) atoms. The smallest absolute Gasteiger partial charge is 0.532 e. The SMILES string of the molecule is CCN(CC)c1ccc2c(c1)OB(c1ccccc1)OC[C@@H](c1ccccc1)N=C2. The third-order valence-electron chi connectivity index (χ3n) is 5.41. The van der Waals surface area contributed by atoms with Gasteiger partial charge in [0.1, 0.15) is 5.75 Å². The molecule has 0 saturated carbocycles. The Bertz CT molecular complexity index is 975. The molecule has 0 radical (unpaired) electrons. The minimum atomic E-state index is -0.496. The van der Waals surface area contributed by atoms with Crippen LogP contribution in [0, 0.1) is 0 Å². The van der Waals surface area contributed by atoms with Gasteiger partial charge >= 0.3 is 7.12 Å². The molecule has 0 bridgehead atoms. The van der Waals surface area contributed by atoms with E-state index in [0.717, 1.165) is 41.1 Å². The Morgan fingerprint density at radius 1 is 0.933 bits per heavy atom. The van der Waals surface area contributed by atoms with E-state index >= 15 is 0 Å². The number of rotatable bonds is 5. The Balaban J connectivity index is 1.74. The number of nitrogens with zero attached hydrogens (tertiary/aromatic N) is 2. The van der Waals surface area contributed by atoms with Crippen LogP contribution in [-0.2, 0) is 4.65 Å². The average Bonchev–Trinajstić information content (AvgIpc) is 2.90. The summed E-state index contributed by atoms with van der Waals surface area (Å²) >= 11 is 0. The molecule has 0 saturated heterocycles. The van der Waals surface area contributed by atoms with Crippen molar-refractivity contribution in [2.24, 2.45) is 4.99 Å². The van der Waals surface area contributed by atoms with Crippen LogP contribution in [0.5, 0.6) is 5.75 Å². The summed E-state index contributed by atoms with van der Waals surface area (Å²) in [4.78, 5) is 7.16. The zero-order valence-corrected chi connectivity index (χ0v) is 17.6. The van der Waals surface area contributed by atoms with E-state index in [9.17, 15) is 0 Å². The second-order valence-corrected chi connectivity index (χ2v) is 7.29. The molecule has 1 aliphatic rings. The van der Waals surface area contributed by atoms with Crippen molar-refractivity contribution < 1.29 is 9.31 Å². The molecule has 1 heterocycles. The lowest BCUT2D eigenvalue weighted by molar-refractivity contribution is 0.257. The first-order valence-electron chi connectivity index (χ1n) is 10.6. The highest BCUT2D eigenvalue weighted by Gasteiger charge is 2.28. The molecular formula is C25H27BN2O2. The fourth-order valence-corrected chi connectivity index (χ4v) is 3.69.